The van der Waals surface area contributed by atoms with E-state index in [0.29, 0.717) is 32.1 Å². The quantitative estimate of drug-likeness (QED) is 0.788. The van der Waals surface area contributed by atoms with E-state index in [4.69, 9.17) is 0 Å². The fourth-order valence-corrected chi connectivity index (χ4v) is 3.71. The third-order valence-corrected chi connectivity index (χ3v) is 5.56. The molecule has 27 heavy (non-hydrogen) atoms. The molecule has 6 heteroatoms. The summed E-state index contributed by atoms with van der Waals surface area (Å²) in [4.78, 5) is 33.8. The lowest BCUT2D eigenvalue weighted by Gasteiger charge is -2.25. The van der Waals surface area contributed by atoms with E-state index in [1.54, 1.807) is 6.20 Å². The maximum Gasteiger partial charge on any atom is 0.228 e. The Morgan fingerprint density at radius 2 is 2.00 bits per heavy atom. The number of aromatic nitrogens is 2. The molecule has 0 radical (unpaired) electrons. The molecule has 2 aromatic rings. The Labute approximate surface area is 159 Å². The Kier molecular flexibility index (Phi) is 4.72. The summed E-state index contributed by atoms with van der Waals surface area (Å²) in [7, 11) is 1.94. The Morgan fingerprint density at radius 3 is 2.63 bits per heavy atom. The van der Waals surface area contributed by atoms with E-state index >= 15 is 0 Å². The van der Waals surface area contributed by atoms with Crippen molar-refractivity contribution in [3.05, 3.63) is 53.6 Å². The molecule has 2 heterocycles. The molecule has 2 aliphatic rings. The number of aryl methyl sites for hydroxylation is 2. The SMILES string of the molecule is Cc1ccc(CN2C[C@H](C(=O)N(Cc3nccn3C)C3CC3)CC2=O)cc1. The molecule has 0 unspecified atom stereocenters. The topological polar surface area (TPSA) is 58.4 Å². The maximum absolute atomic E-state index is 13.2. The number of rotatable bonds is 6. The molecule has 1 aromatic carbocycles. The number of hydrogen-bond donors (Lipinski definition) is 0. The van der Waals surface area contributed by atoms with Gasteiger partial charge in [-0.05, 0) is 25.3 Å². The molecule has 2 amide bonds. The van der Waals surface area contributed by atoms with Crippen molar-refractivity contribution < 1.29 is 9.59 Å². The third-order valence-electron chi connectivity index (χ3n) is 5.56. The van der Waals surface area contributed by atoms with Crippen LogP contribution in [0, 0.1) is 12.8 Å². The first-order valence-corrected chi connectivity index (χ1v) is 9.61. The van der Waals surface area contributed by atoms with Crippen molar-refractivity contribution in [3.8, 4) is 0 Å². The number of hydrogen-bond acceptors (Lipinski definition) is 3. The summed E-state index contributed by atoms with van der Waals surface area (Å²) in [5, 5.41) is 0. The first-order chi connectivity index (χ1) is 13.0. The summed E-state index contributed by atoms with van der Waals surface area (Å²) in [5.41, 5.74) is 2.31. The van der Waals surface area contributed by atoms with E-state index in [0.717, 1.165) is 24.2 Å². The van der Waals surface area contributed by atoms with Crippen LogP contribution >= 0.6 is 0 Å². The van der Waals surface area contributed by atoms with E-state index in [2.05, 4.69) is 29.2 Å². The number of imidazole rings is 1. The Balaban J connectivity index is 1.43. The molecule has 1 aliphatic heterocycles. The minimum Gasteiger partial charge on any atom is -0.338 e. The van der Waals surface area contributed by atoms with Crippen molar-refractivity contribution >= 4 is 11.8 Å². The summed E-state index contributed by atoms with van der Waals surface area (Å²) in [5.74, 6) is 0.807. The van der Waals surface area contributed by atoms with Crippen molar-refractivity contribution in [3.63, 3.8) is 0 Å². The van der Waals surface area contributed by atoms with Gasteiger partial charge in [0.05, 0.1) is 12.5 Å². The molecular formula is C21H26N4O2. The van der Waals surface area contributed by atoms with Gasteiger partial charge in [0.2, 0.25) is 11.8 Å². The molecule has 0 bridgehead atoms. The minimum atomic E-state index is -0.246. The van der Waals surface area contributed by atoms with Crippen molar-refractivity contribution in [1.82, 2.24) is 19.4 Å². The van der Waals surface area contributed by atoms with Crippen molar-refractivity contribution in [2.24, 2.45) is 13.0 Å². The van der Waals surface area contributed by atoms with E-state index in [-0.39, 0.29) is 17.7 Å². The lowest BCUT2D eigenvalue weighted by Crippen LogP contribution is -2.39. The lowest BCUT2D eigenvalue weighted by atomic mass is 10.1. The van der Waals surface area contributed by atoms with Gasteiger partial charge in [0.1, 0.15) is 5.82 Å². The lowest BCUT2D eigenvalue weighted by molar-refractivity contribution is -0.137. The molecule has 0 spiro atoms. The number of amides is 2. The molecule has 1 atom stereocenters. The predicted molar refractivity (Wildman–Crippen MR) is 101 cm³/mol. The largest absolute Gasteiger partial charge is 0.338 e. The second kappa shape index (κ2) is 7.18. The second-order valence-corrected chi connectivity index (χ2v) is 7.81. The van der Waals surface area contributed by atoms with Gasteiger partial charge in [-0.15, -0.1) is 0 Å². The fraction of sp³-hybridized carbons (Fsp3) is 0.476. The zero-order chi connectivity index (χ0) is 19.0. The number of carbonyl (C=O) groups excluding carboxylic acids is 2. The first kappa shape index (κ1) is 17.8. The molecule has 1 aromatic heterocycles. The van der Waals surface area contributed by atoms with Crippen LogP contribution < -0.4 is 0 Å². The fourth-order valence-electron chi connectivity index (χ4n) is 3.71. The first-order valence-electron chi connectivity index (χ1n) is 9.61. The summed E-state index contributed by atoms with van der Waals surface area (Å²) in [6.07, 6.45) is 6.06. The van der Waals surface area contributed by atoms with Crippen LogP contribution in [-0.4, -0.2) is 43.8 Å². The molecule has 1 saturated heterocycles. The van der Waals surface area contributed by atoms with Gasteiger partial charge < -0.3 is 14.4 Å². The highest BCUT2D eigenvalue weighted by atomic mass is 16.2. The van der Waals surface area contributed by atoms with Gasteiger partial charge in [0.15, 0.2) is 0 Å². The van der Waals surface area contributed by atoms with Gasteiger partial charge in [-0.2, -0.15) is 0 Å². The van der Waals surface area contributed by atoms with Crippen LogP contribution in [-0.2, 0) is 29.7 Å². The zero-order valence-corrected chi connectivity index (χ0v) is 16.0. The van der Waals surface area contributed by atoms with Gasteiger partial charge in [-0.25, -0.2) is 4.98 Å². The molecule has 1 saturated carbocycles. The van der Waals surface area contributed by atoms with Crippen LogP contribution in [0.4, 0.5) is 0 Å². The van der Waals surface area contributed by atoms with Crippen molar-refractivity contribution in [2.75, 3.05) is 6.54 Å². The van der Waals surface area contributed by atoms with Gasteiger partial charge in [-0.1, -0.05) is 29.8 Å². The summed E-state index contributed by atoms with van der Waals surface area (Å²) in [6.45, 7) is 3.66. The van der Waals surface area contributed by atoms with E-state index < -0.39 is 0 Å². The highest BCUT2D eigenvalue weighted by Crippen LogP contribution is 2.32. The molecule has 1 aliphatic carbocycles. The molecule has 2 fully saturated rings. The number of likely N-dealkylation sites (tertiary alicyclic amines) is 1. The molecule has 4 rings (SSSR count). The summed E-state index contributed by atoms with van der Waals surface area (Å²) < 4.78 is 1.95. The smallest absolute Gasteiger partial charge is 0.228 e. The van der Waals surface area contributed by atoms with Crippen LogP contribution in [0.25, 0.3) is 0 Å². The van der Waals surface area contributed by atoms with Crippen LogP contribution in [0.1, 0.15) is 36.2 Å². The average Bonchev–Trinajstić information content (AvgIpc) is 3.32. The molecule has 0 N–H and O–H groups in total. The van der Waals surface area contributed by atoms with Crippen LogP contribution in [0.15, 0.2) is 36.7 Å². The highest BCUT2D eigenvalue weighted by Gasteiger charge is 2.41. The Hall–Kier alpha value is -2.63. The number of nitrogens with zero attached hydrogens (tertiary/aromatic N) is 4. The molecule has 6 nitrogen and oxygen atoms in total. The average molecular weight is 366 g/mol. The third kappa shape index (κ3) is 3.89. The minimum absolute atomic E-state index is 0.0710. The Bertz CT molecular complexity index is 838. The van der Waals surface area contributed by atoms with Gasteiger partial charge in [-0.3, -0.25) is 9.59 Å². The molecule has 142 valence electrons. The number of carbonyl (C=O) groups is 2. The Morgan fingerprint density at radius 1 is 1.26 bits per heavy atom. The second-order valence-electron chi connectivity index (χ2n) is 7.81. The monoisotopic (exact) mass is 366 g/mol. The number of benzene rings is 1. The van der Waals surface area contributed by atoms with Crippen LogP contribution in [0.2, 0.25) is 0 Å². The highest BCUT2D eigenvalue weighted by molar-refractivity contribution is 5.89. The maximum atomic E-state index is 13.2. The summed E-state index contributed by atoms with van der Waals surface area (Å²) >= 11 is 0. The van der Waals surface area contributed by atoms with E-state index in [9.17, 15) is 9.59 Å². The standard InChI is InChI=1S/C21H26N4O2/c1-15-3-5-16(6-4-15)12-24-13-17(11-20(24)26)21(27)25(18-7-8-18)14-19-22-9-10-23(19)2/h3-6,9-10,17-18H,7-8,11-14H2,1-2H3/t17-/m1/s1. The van der Waals surface area contributed by atoms with Crippen molar-refractivity contribution in [1.29, 1.82) is 0 Å². The van der Waals surface area contributed by atoms with Crippen LogP contribution in [0.3, 0.4) is 0 Å². The predicted octanol–water partition coefficient (Wildman–Crippen LogP) is 2.27. The van der Waals surface area contributed by atoms with E-state index in [1.165, 1.54) is 5.56 Å². The normalized spacial score (nSPS) is 19.6. The summed E-state index contributed by atoms with van der Waals surface area (Å²) in [6, 6.07) is 8.51. The van der Waals surface area contributed by atoms with Gasteiger partial charge in [0, 0.05) is 45.0 Å². The van der Waals surface area contributed by atoms with E-state index in [1.807, 2.05) is 34.5 Å². The van der Waals surface area contributed by atoms with Gasteiger partial charge in [0.25, 0.3) is 0 Å². The van der Waals surface area contributed by atoms with Gasteiger partial charge >= 0.3 is 0 Å². The van der Waals surface area contributed by atoms with Crippen LogP contribution in [0.5, 0.6) is 0 Å². The molecular weight excluding hydrogens is 340 g/mol. The zero-order valence-electron chi connectivity index (χ0n) is 16.0. The van der Waals surface area contributed by atoms with Crippen molar-refractivity contribution in [2.45, 2.75) is 45.3 Å².